The van der Waals surface area contributed by atoms with E-state index in [0.29, 0.717) is 11.3 Å². The van der Waals surface area contributed by atoms with Gasteiger partial charge in [-0.05, 0) is 46.5 Å². The highest BCUT2D eigenvalue weighted by Gasteiger charge is 2.46. The molecular weight excluding hydrogens is 493 g/mol. The zero-order valence-corrected chi connectivity index (χ0v) is 23.9. The average Bonchev–Trinajstić information content (AvgIpc) is 2.92. The summed E-state index contributed by atoms with van der Waals surface area (Å²) in [5.41, 5.74) is -0.208. The SMILES string of the molecule is C[C@@H](O[Si](c1ccccc1)(c1ccccc1)c1ccccc1)[C@H](CC(C)(C)C)S(=O)(=O)c1ccccc1. The van der Waals surface area contributed by atoms with Crippen LogP contribution in [0.3, 0.4) is 0 Å². The molecule has 0 bridgehead atoms. The van der Waals surface area contributed by atoms with Gasteiger partial charge in [-0.3, -0.25) is 0 Å². The first-order valence-corrected chi connectivity index (χ1v) is 16.2. The molecule has 0 aromatic heterocycles. The van der Waals surface area contributed by atoms with Crippen LogP contribution in [0.15, 0.2) is 126 Å². The van der Waals surface area contributed by atoms with Crippen LogP contribution in [0.4, 0.5) is 0 Å². The van der Waals surface area contributed by atoms with Crippen LogP contribution in [0.2, 0.25) is 0 Å². The standard InChI is InChI=1S/C32H36O3SSi/c1-26(31(25-32(2,3)4)36(33,34)27-17-9-5-10-18-27)35-37(28-19-11-6-12-20-28,29-21-13-7-14-22-29)30-23-15-8-16-24-30/h5-24,26,31H,25H2,1-4H3/t26-,31+/m1/s1. The van der Waals surface area contributed by atoms with Crippen molar-refractivity contribution in [3.8, 4) is 0 Å². The van der Waals surface area contributed by atoms with Gasteiger partial charge in [0.2, 0.25) is 0 Å². The number of rotatable bonds is 9. The van der Waals surface area contributed by atoms with E-state index >= 15 is 0 Å². The third-order valence-electron chi connectivity index (χ3n) is 6.71. The van der Waals surface area contributed by atoms with E-state index in [0.717, 1.165) is 15.6 Å². The fourth-order valence-electron chi connectivity index (χ4n) is 4.99. The van der Waals surface area contributed by atoms with E-state index in [2.05, 4.69) is 57.2 Å². The summed E-state index contributed by atoms with van der Waals surface area (Å²) in [7, 11) is -6.72. The fourth-order valence-corrected chi connectivity index (χ4v) is 11.4. The lowest BCUT2D eigenvalue weighted by Gasteiger charge is -2.39. The highest BCUT2D eigenvalue weighted by Crippen LogP contribution is 2.32. The molecule has 0 saturated carbocycles. The molecule has 2 atom stereocenters. The van der Waals surface area contributed by atoms with Crippen molar-refractivity contribution in [2.45, 2.75) is 50.4 Å². The largest absolute Gasteiger partial charge is 0.400 e. The van der Waals surface area contributed by atoms with Crippen molar-refractivity contribution in [1.29, 1.82) is 0 Å². The maximum absolute atomic E-state index is 14.1. The van der Waals surface area contributed by atoms with Gasteiger partial charge in [0.25, 0.3) is 8.32 Å². The Hall–Kier alpha value is -2.99. The Labute approximate surface area is 223 Å². The first kappa shape index (κ1) is 27.1. The van der Waals surface area contributed by atoms with Crippen molar-refractivity contribution in [1.82, 2.24) is 0 Å². The van der Waals surface area contributed by atoms with Crippen LogP contribution in [-0.2, 0) is 14.3 Å². The van der Waals surface area contributed by atoms with Gasteiger partial charge in [0.05, 0.1) is 16.2 Å². The molecule has 0 N–H and O–H groups in total. The topological polar surface area (TPSA) is 43.4 Å². The van der Waals surface area contributed by atoms with Crippen molar-refractivity contribution >= 4 is 33.7 Å². The van der Waals surface area contributed by atoms with Gasteiger partial charge in [0, 0.05) is 0 Å². The van der Waals surface area contributed by atoms with Crippen LogP contribution in [0.25, 0.3) is 0 Å². The summed E-state index contributed by atoms with van der Waals surface area (Å²) in [6.07, 6.45) is -0.0782. The van der Waals surface area contributed by atoms with Gasteiger partial charge in [-0.1, -0.05) is 130 Å². The predicted octanol–water partition coefficient (Wildman–Crippen LogP) is 5.34. The Balaban J connectivity index is 1.91. The highest BCUT2D eigenvalue weighted by molar-refractivity contribution is 7.92. The molecule has 0 aliphatic carbocycles. The summed E-state index contributed by atoms with van der Waals surface area (Å²) in [6.45, 7) is 8.20. The second kappa shape index (κ2) is 11.2. The van der Waals surface area contributed by atoms with Crippen LogP contribution in [0.1, 0.15) is 34.1 Å². The van der Waals surface area contributed by atoms with E-state index in [1.807, 2.05) is 67.6 Å². The summed E-state index contributed by atoms with van der Waals surface area (Å²) >= 11 is 0. The summed E-state index contributed by atoms with van der Waals surface area (Å²) in [5.74, 6) is 0. The Kier molecular flexibility index (Phi) is 8.17. The lowest BCUT2D eigenvalue weighted by Crippen LogP contribution is -2.71. The molecule has 0 radical (unpaired) electrons. The minimum absolute atomic E-state index is 0.208. The van der Waals surface area contributed by atoms with Crippen molar-refractivity contribution in [2.75, 3.05) is 0 Å². The van der Waals surface area contributed by atoms with Crippen LogP contribution in [0, 0.1) is 5.41 Å². The first-order valence-electron chi connectivity index (χ1n) is 12.8. The Morgan fingerprint density at radius 2 is 1.00 bits per heavy atom. The van der Waals surface area contributed by atoms with Gasteiger partial charge in [0.15, 0.2) is 9.84 Å². The minimum atomic E-state index is -3.66. The van der Waals surface area contributed by atoms with Gasteiger partial charge >= 0.3 is 0 Å². The molecule has 5 heteroatoms. The lowest BCUT2D eigenvalue weighted by molar-refractivity contribution is 0.190. The smallest absolute Gasteiger partial charge is 0.288 e. The van der Waals surface area contributed by atoms with Crippen molar-refractivity contribution < 1.29 is 12.8 Å². The molecule has 37 heavy (non-hydrogen) atoms. The van der Waals surface area contributed by atoms with Crippen molar-refractivity contribution in [2.24, 2.45) is 5.41 Å². The molecule has 0 saturated heterocycles. The van der Waals surface area contributed by atoms with Crippen LogP contribution >= 0.6 is 0 Å². The highest BCUT2D eigenvalue weighted by atomic mass is 32.2. The van der Waals surface area contributed by atoms with Crippen molar-refractivity contribution in [3.63, 3.8) is 0 Å². The summed E-state index contributed by atoms with van der Waals surface area (Å²) in [6, 6.07) is 39.7. The van der Waals surface area contributed by atoms with E-state index in [1.54, 1.807) is 24.3 Å². The Bertz CT molecular complexity index is 1270. The third-order valence-corrected chi connectivity index (χ3v) is 13.2. The fraction of sp³-hybridized carbons (Fsp3) is 0.250. The summed E-state index contributed by atoms with van der Waals surface area (Å²) in [4.78, 5) is 0.339. The van der Waals surface area contributed by atoms with E-state index in [4.69, 9.17) is 4.43 Å². The minimum Gasteiger partial charge on any atom is -0.400 e. The number of hydrogen-bond donors (Lipinski definition) is 0. The van der Waals surface area contributed by atoms with Gasteiger partial charge in [0.1, 0.15) is 0 Å². The molecule has 4 rings (SSSR count). The molecule has 0 unspecified atom stereocenters. The zero-order chi connectivity index (χ0) is 26.5. The lowest BCUT2D eigenvalue weighted by atomic mass is 9.89. The third kappa shape index (κ3) is 5.95. The molecule has 3 nitrogen and oxygen atoms in total. The maximum atomic E-state index is 14.1. The molecular formula is C32H36O3SSi. The summed E-state index contributed by atoms with van der Waals surface area (Å²) in [5, 5.41) is 2.56. The van der Waals surface area contributed by atoms with Crippen LogP contribution in [0.5, 0.6) is 0 Å². The normalized spacial score (nSPS) is 14.2. The second-order valence-electron chi connectivity index (χ2n) is 10.8. The number of hydrogen-bond acceptors (Lipinski definition) is 3. The Morgan fingerprint density at radius 1 is 0.649 bits per heavy atom. The molecule has 192 valence electrons. The molecule has 0 spiro atoms. The molecule has 0 aliphatic heterocycles. The monoisotopic (exact) mass is 528 g/mol. The predicted molar refractivity (Wildman–Crippen MR) is 156 cm³/mol. The van der Waals surface area contributed by atoms with Crippen LogP contribution < -0.4 is 15.6 Å². The van der Waals surface area contributed by atoms with Crippen molar-refractivity contribution in [3.05, 3.63) is 121 Å². The second-order valence-corrected chi connectivity index (χ2v) is 16.3. The Morgan fingerprint density at radius 3 is 1.35 bits per heavy atom. The van der Waals surface area contributed by atoms with E-state index in [1.165, 1.54) is 0 Å². The van der Waals surface area contributed by atoms with Crippen LogP contribution in [-0.4, -0.2) is 28.1 Å². The molecule has 0 heterocycles. The average molecular weight is 529 g/mol. The summed E-state index contributed by atoms with van der Waals surface area (Å²) < 4.78 is 35.4. The molecule has 4 aromatic carbocycles. The number of sulfone groups is 1. The molecule has 0 amide bonds. The maximum Gasteiger partial charge on any atom is 0.288 e. The van der Waals surface area contributed by atoms with Gasteiger partial charge in [-0.15, -0.1) is 0 Å². The van der Waals surface area contributed by atoms with E-state index in [-0.39, 0.29) is 5.41 Å². The zero-order valence-electron chi connectivity index (χ0n) is 22.0. The quantitative estimate of drug-likeness (QED) is 0.218. The van der Waals surface area contributed by atoms with E-state index in [9.17, 15) is 8.42 Å². The molecule has 0 aliphatic rings. The first-order chi connectivity index (χ1) is 17.6. The molecule has 4 aromatic rings. The van der Waals surface area contributed by atoms with Gasteiger partial charge < -0.3 is 4.43 Å². The van der Waals surface area contributed by atoms with Gasteiger partial charge in [-0.2, -0.15) is 0 Å². The molecule has 0 fully saturated rings. The van der Waals surface area contributed by atoms with Gasteiger partial charge in [-0.25, -0.2) is 8.42 Å². The van der Waals surface area contributed by atoms with E-state index < -0.39 is 29.5 Å². The number of benzene rings is 4.